The summed E-state index contributed by atoms with van der Waals surface area (Å²) >= 11 is 4.43. The number of fused-ring (bicyclic) bond motifs is 3. The van der Waals surface area contributed by atoms with E-state index in [9.17, 15) is 18.4 Å². The summed E-state index contributed by atoms with van der Waals surface area (Å²) in [4.78, 5) is 27.5. The van der Waals surface area contributed by atoms with E-state index in [0.717, 1.165) is 61.7 Å². The van der Waals surface area contributed by atoms with E-state index in [0.29, 0.717) is 30.6 Å². The van der Waals surface area contributed by atoms with E-state index in [2.05, 4.69) is 22.3 Å². The molecule has 1 saturated carbocycles. The highest BCUT2D eigenvalue weighted by atomic mass is 35.5. The van der Waals surface area contributed by atoms with Gasteiger partial charge < -0.3 is 24.2 Å². The SMILES string of the molecule is COC(=O)c1ccc2c(c1)N(C[C@@H]1CC[C@H]1CNC(=O)C[C@H](C)[C@@H](C)S(=O)O)C[C@@]1(CCCc3cc(Cl)ccc31)CO2. The summed E-state index contributed by atoms with van der Waals surface area (Å²) in [5.74, 6) is 0.803. The number of ether oxygens (including phenoxy) is 2. The zero-order valence-electron chi connectivity index (χ0n) is 24.6. The van der Waals surface area contributed by atoms with Gasteiger partial charge in [0.25, 0.3) is 0 Å². The van der Waals surface area contributed by atoms with Crippen molar-refractivity contribution in [2.24, 2.45) is 17.8 Å². The molecule has 1 unspecified atom stereocenters. The molecule has 0 saturated heterocycles. The Bertz CT molecular complexity index is 1350. The molecule has 1 fully saturated rings. The molecule has 0 bridgehead atoms. The summed E-state index contributed by atoms with van der Waals surface area (Å²) in [5.41, 5.74) is 3.73. The number of anilines is 1. The average Bonchev–Trinajstić information content (AvgIpc) is 3.11. The molecule has 2 aromatic rings. The maximum atomic E-state index is 12.6. The number of amides is 1. The molecule has 5 rings (SSSR count). The molecule has 1 spiro atoms. The molecule has 2 aromatic carbocycles. The van der Waals surface area contributed by atoms with Crippen molar-refractivity contribution in [3.8, 4) is 5.75 Å². The van der Waals surface area contributed by atoms with Crippen molar-refractivity contribution < 1.29 is 27.8 Å². The Morgan fingerprint density at radius 3 is 2.71 bits per heavy atom. The average molecular weight is 617 g/mol. The fourth-order valence-electron chi connectivity index (χ4n) is 6.76. The van der Waals surface area contributed by atoms with Crippen LogP contribution in [0.25, 0.3) is 0 Å². The standard InChI is InChI=1S/C32H41ClN2O6S/c1-20(21(2)42(38)39)13-30(36)34-16-24-6-7-25(24)17-35-18-32(12-4-5-22-14-26(33)9-10-27(22)32)19-41-29-11-8-23(15-28(29)35)31(37)40-3/h8-11,14-15,20-21,24-25H,4-7,12-13,16-19H2,1-3H3,(H,34,36)(H,38,39)/t20-,21+,24-,25-,32-/m0/s1. The molecule has 2 N–H and O–H groups in total. The van der Waals surface area contributed by atoms with Gasteiger partial charge in [0, 0.05) is 36.5 Å². The number of esters is 1. The van der Waals surface area contributed by atoms with E-state index in [4.69, 9.17) is 21.1 Å². The zero-order chi connectivity index (χ0) is 30.0. The molecule has 2 aliphatic carbocycles. The van der Waals surface area contributed by atoms with Crippen molar-refractivity contribution in [3.05, 3.63) is 58.1 Å². The van der Waals surface area contributed by atoms with Crippen molar-refractivity contribution in [1.82, 2.24) is 5.32 Å². The summed E-state index contributed by atoms with van der Waals surface area (Å²) in [5, 5.41) is 3.37. The Morgan fingerprint density at radius 1 is 1.21 bits per heavy atom. The number of halogens is 1. The molecule has 1 heterocycles. The van der Waals surface area contributed by atoms with Gasteiger partial charge in [0.1, 0.15) is 5.75 Å². The van der Waals surface area contributed by atoms with Crippen LogP contribution in [0.3, 0.4) is 0 Å². The minimum absolute atomic E-state index is 0.0851. The normalized spacial score (nSPS) is 25.1. The van der Waals surface area contributed by atoms with Gasteiger partial charge in [-0.25, -0.2) is 9.00 Å². The van der Waals surface area contributed by atoms with E-state index >= 15 is 0 Å². The van der Waals surface area contributed by atoms with Crippen LogP contribution in [0.4, 0.5) is 5.69 Å². The van der Waals surface area contributed by atoms with Gasteiger partial charge in [-0.2, -0.15) is 0 Å². The number of benzene rings is 2. The van der Waals surface area contributed by atoms with E-state index < -0.39 is 16.3 Å². The highest BCUT2D eigenvalue weighted by molar-refractivity contribution is 7.79. The van der Waals surface area contributed by atoms with Crippen molar-refractivity contribution in [2.75, 3.05) is 38.3 Å². The lowest BCUT2D eigenvalue weighted by Gasteiger charge is -2.44. The van der Waals surface area contributed by atoms with Gasteiger partial charge in [0.05, 0.1) is 30.2 Å². The van der Waals surface area contributed by atoms with Crippen LogP contribution in [-0.2, 0) is 32.4 Å². The molecule has 1 aliphatic heterocycles. The fraction of sp³-hybridized carbons (Fsp3) is 0.562. The number of rotatable bonds is 9. The van der Waals surface area contributed by atoms with Crippen LogP contribution >= 0.6 is 11.6 Å². The lowest BCUT2D eigenvalue weighted by atomic mass is 9.69. The lowest BCUT2D eigenvalue weighted by Crippen LogP contribution is -2.49. The number of hydrogen-bond acceptors (Lipinski definition) is 6. The maximum Gasteiger partial charge on any atom is 0.337 e. The van der Waals surface area contributed by atoms with Crippen molar-refractivity contribution in [1.29, 1.82) is 0 Å². The highest BCUT2D eigenvalue weighted by Crippen LogP contribution is 2.46. The Balaban J connectivity index is 1.36. The molecule has 3 aliphatic rings. The van der Waals surface area contributed by atoms with Crippen LogP contribution in [0.1, 0.15) is 67.4 Å². The van der Waals surface area contributed by atoms with Crippen LogP contribution in [-0.4, -0.2) is 59.2 Å². The minimum Gasteiger partial charge on any atom is -0.490 e. The first-order chi connectivity index (χ1) is 20.1. The third-order valence-corrected chi connectivity index (χ3v) is 11.0. The van der Waals surface area contributed by atoms with E-state index in [1.807, 2.05) is 25.1 Å². The summed E-state index contributed by atoms with van der Waals surface area (Å²) < 4.78 is 32.3. The fourth-order valence-corrected chi connectivity index (χ4v) is 7.45. The van der Waals surface area contributed by atoms with E-state index in [1.54, 1.807) is 13.0 Å². The van der Waals surface area contributed by atoms with Crippen LogP contribution in [0, 0.1) is 17.8 Å². The van der Waals surface area contributed by atoms with Crippen LogP contribution < -0.4 is 15.0 Å². The minimum atomic E-state index is -1.95. The highest BCUT2D eigenvalue weighted by Gasteiger charge is 2.43. The Hall–Kier alpha value is -2.62. The second-order valence-corrected chi connectivity index (χ2v) is 14.1. The van der Waals surface area contributed by atoms with Crippen LogP contribution in [0.2, 0.25) is 5.02 Å². The molecule has 8 nitrogen and oxygen atoms in total. The third-order valence-electron chi connectivity index (χ3n) is 9.68. The number of aryl methyl sites for hydroxylation is 1. The molecule has 0 radical (unpaired) electrons. The molecule has 228 valence electrons. The summed E-state index contributed by atoms with van der Waals surface area (Å²) in [6, 6.07) is 11.7. The molecule has 6 atom stereocenters. The van der Waals surface area contributed by atoms with Crippen molar-refractivity contribution >= 4 is 40.2 Å². The van der Waals surface area contributed by atoms with E-state index in [1.165, 1.54) is 18.2 Å². The van der Waals surface area contributed by atoms with Gasteiger partial charge in [-0.1, -0.05) is 24.6 Å². The molecular formula is C32H41ClN2O6S. The molecule has 42 heavy (non-hydrogen) atoms. The maximum absolute atomic E-state index is 12.6. The Labute approximate surface area is 255 Å². The zero-order valence-corrected chi connectivity index (χ0v) is 26.1. The largest absolute Gasteiger partial charge is 0.490 e. The number of carbonyl (C=O) groups is 2. The molecule has 10 heteroatoms. The number of nitrogens with zero attached hydrogens (tertiary/aromatic N) is 1. The number of hydrogen-bond donors (Lipinski definition) is 2. The third kappa shape index (κ3) is 6.48. The second-order valence-electron chi connectivity index (χ2n) is 12.3. The van der Waals surface area contributed by atoms with Gasteiger partial charge in [-0.3, -0.25) is 4.79 Å². The lowest BCUT2D eigenvalue weighted by molar-refractivity contribution is -0.122. The van der Waals surface area contributed by atoms with Gasteiger partial charge in [0.2, 0.25) is 5.91 Å². The molecular weight excluding hydrogens is 576 g/mol. The van der Waals surface area contributed by atoms with Gasteiger partial charge in [-0.05, 0) is 98.2 Å². The van der Waals surface area contributed by atoms with Gasteiger partial charge in [0.15, 0.2) is 11.1 Å². The van der Waals surface area contributed by atoms with Crippen molar-refractivity contribution in [3.63, 3.8) is 0 Å². The number of carbonyl (C=O) groups excluding carboxylic acids is 2. The number of nitrogens with one attached hydrogen (secondary N) is 1. The van der Waals surface area contributed by atoms with E-state index in [-0.39, 0.29) is 29.6 Å². The van der Waals surface area contributed by atoms with Gasteiger partial charge >= 0.3 is 5.97 Å². The van der Waals surface area contributed by atoms with Crippen molar-refractivity contribution in [2.45, 2.75) is 63.0 Å². The first-order valence-electron chi connectivity index (χ1n) is 14.9. The predicted molar refractivity (Wildman–Crippen MR) is 165 cm³/mol. The first kappa shape index (κ1) is 30.8. The topological polar surface area (TPSA) is 105 Å². The summed E-state index contributed by atoms with van der Waals surface area (Å²) in [7, 11) is 1.39. The summed E-state index contributed by atoms with van der Waals surface area (Å²) in [6.07, 6.45) is 5.35. The predicted octanol–water partition coefficient (Wildman–Crippen LogP) is 5.38. The van der Waals surface area contributed by atoms with Crippen LogP contribution in [0.5, 0.6) is 5.75 Å². The molecule has 1 amide bonds. The monoisotopic (exact) mass is 616 g/mol. The molecule has 0 aromatic heterocycles. The first-order valence-corrected chi connectivity index (χ1v) is 16.4. The van der Waals surface area contributed by atoms with Gasteiger partial charge in [-0.15, -0.1) is 0 Å². The summed E-state index contributed by atoms with van der Waals surface area (Å²) in [6.45, 7) is 6.18. The Kier molecular flexibility index (Phi) is 9.50. The Morgan fingerprint density at radius 2 is 2.00 bits per heavy atom. The van der Waals surface area contributed by atoms with Crippen LogP contribution in [0.15, 0.2) is 36.4 Å². The number of methoxy groups -OCH3 is 1. The quantitative estimate of drug-likeness (QED) is 0.288. The smallest absolute Gasteiger partial charge is 0.337 e. The second kappa shape index (κ2) is 12.9.